The van der Waals surface area contributed by atoms with Crippen LogP contribution in [0.5, 0.6) is 5.75 Å². The van der Waals surface area contributed by atoms with Gasteiger partial charge in [-0.3, -0.25) is 0 Å². The van der Waals surface area contributed by atoms with Crippen LogP contribution in [0.2, 0.25) is 0 Å². The minimum Gasteiger partial charge on any atom is -0.495 e. The number of hydrogen-bond acceptors (Lipinski definition) is 4. The maximum Gasteiger partial charge on any atom is 0.142 e. The number of piperidine rings is 1. The van der Waals surface area contributed by atoms with Crippen LogP contribution in [0.4, 0.5) is 5.69 Å². The topological polar surface area (TPSA) is 33.7 Å². The maximum absolute atomic E-state index is 5.93. The first-order chi connectivity index (χ1) is 9.31. The largest absolute Gasteiger partial charge is 0.495 e. The summed E-state index contributed by atoms with van der Waals surface area (Å²) in [6, 6.07) is 8.08. The Balaban J connectivity index is 1.78. The van der Waals surface area contributed by atoms with Gasteiger partial charge in [0, 0.05) is 13.6 Å². The summed E-state index contributed by atoms with van der Waals surface area (Å²) in [5, 5.41) is 3.35. The van der Waals surface area contributed by atoms with E-state index in [0.29, 0.717) is 6.10 Å². The van der Waals surface area contributed by atoms with Crippen LogP contribution in [0.25, 0.3) is 0 Å². The van der Waals surface area contributed by atoms with E-state index in [1.54, 1.807) is 7.11 Å². The molecule has 4 nitrogen and oxygen atoms in total. The number of rotatable bonds is 6. The first-order valence-electron chi connectivity index (χ1n) is 6.97. The second-order valence-electron chi connectivity index (χ2n) is 4.91. The number of hydrogen-bond donors (Lipinski definition) is 1. The summed E-state index contributed by atoms with van der Waals surface area (Å²) >= 11 is 0. The van der Waals surface area contributed by atoms with Gasteiger partial charge in [-0.1, -0.05) is 12.1 Å². The molecule has 0 aromatic heterocycles. The molecule has 4 heteroatoms. The molecule has 1 heterocycles. The second-order valence-corrected chi connectivity index (χ2v) is 4.91. The minimum atomic E-state index is 0.423. The van der Waals surface area contributed by atoms with E-state index >= 15 is 0 Å². The number of likely N-dealkylation sites (N-methyl/N-ethyl adjacent to an activating group) is 1. The predicted molar refractivity (Wildman–Crippen MR) is 78.1 cm³/mol. The van der Waals surface area contributed by atoms with Crippen LogP contribution in [0, 0.1) is 0 Å². The van der Waals surface area contributed by atoms with Gasteiger partial charge in [0.15, 0.2) is 0 Å². The number of para-hydroxylation sites is 2. The molecule has 1 aromatic carbocycles. The molecule has 0 radical (unpaired) electrons. The molecule has 19 heavy (non-hydrogen) atoms. The lowest BCUT2D eigenvalue weighted by atomic mass is 10.1. The molecule has 1 fully saturated rings. The van der Waals surface area contributed by atoms with Gasteiger partial charge >= 0.3 is 0 Å². The molecule has 1 N–H and O–H groups in total. The zero-order valence-electron chi connectivity index (χ0n) is 11.9. The third-order valence-electron chi connectivity index (χ3n) is 3.56. The van der Waals surface area contributed by atoms with Crippen molar-refractivity contribution >= 4 is 5.69 Å². The normalized spacial score (nSPS) is 16.3. The fourth-order valence-corrected chi connectivity index (χ4v) is 2.38. The number of nitrogens with one attached hydrogen (secondary N) is 1. The summed E-state index contributed by atoms with van der Waals surface area (Å²) in [7, 11) is 3.78. The Morgan fingerprint density at radius 1 is 1.26 bits per heavy atom. The number of benzene rings is 1. The Kier molecular flexibility index (Phi) is 5.48. The molecular weight excluding hydrogens is 240 g/mol. The fraction of sp³-hybridized carbons (Fsp3) is 0.600. The standard InChI is InChI=1S/C15H24N2O2/c1-17(14-5-3-4-6-15(14)18-2)11-12-19-13-7-9-16-10-8-13/h3-6,13,16H,7-12H2,1-2H3. The van der Waals surface area contributed by atoms with Gasteiger partial charge in [0.1, 0.15) is 5.75 Å². The van der Waals surface area contributed by atoms with E-state index < -0.39 is 0 Å². The van der Waals surface area contributed by atoms with Gasteiger partial charge in [-0.15, -0.1) is 0 Å². The van der Waals surface area contributed by atoms with Crippen LogP contribution in [-0.4, -0.2) is 46.5 Å². The molecule has 0 bridgehead atoms. The zero-order chi connectivity index (χ0) is 13.5. The van der Waals surface area contributed by atoms with Gasteiger partial charge in [0.2, 0.25) is 0 Å². The summed E-state index contributed by atoms with van der Waals surface area (Å²) in [5.74, 6) is 0.909. The van der Waals surface area contributed by atoms with Gasteiger partial charge in [-0.25, -0.2) is 0 Å². The van der Waals surface area contributed by atoms with Crippen molar-refractivity contribution in [2.45, 2.75) is 18.9 Å². The third-order valence-corrected chi connectivity index (χ3v) is 3.56. The number of anilines is 1. The first-order valence-corrected chi connectivity index (χ1v) is 6.97. The van der Waals surface area contributed by atoms with Gasteiger partial charge in [0.25, 0.3) is 0 Å². The SMILES string of the molecule is COc1ccccc1N(C)CCOC1CCNCC1. The Labute approximate surface area is 115 Å². The fourth-order valence-electron chi connectivity index (χ4n) is 2.38. The lowest BCUT2D eigenvalue weighted by molar-refractivity contribution is 0.0376. The smallest absolute Gasteiger partial charge is 0.142 e. The van der Waals surface area contributed by atoms with Crippen molar-refractivity contribution in [2.75, 3.05) is 45.3 Å². The highest BCUT2D eigenvalue weighted by molar-refractivity contribution is 5.57. The van der Waals surface area contributed by atoms with E-state index in [4.69, 9.17) is 9.47 Å². The van der Waals surface area contributed by atoms with Crippen molar-refractivity contribution in [1.29, 1.82) is 0 Å². The highest BCUT2D eigenvalue weighted by Crippen LogP contribution is 2.26. The lowest BCUT2D eigenvalue weighted by Crippen LogP contribution is -2.34. The van der Waals surface area contributed by atoms with Crippen LogP contribution < -0.4 is 15.0 Å². The van der Waals surface area contributed by atoms with E-state index in [-0.39, 0.29) is 0 Å². The molecule has 1 aliphatic rings. The van der Waals surface area contributed by atoms with Gasteiger partial charge in [-0.2, -0.15) is 0 Å². The Morgan fingerprint density at radius 3 is 2.74 bits per heavy atom. The molecular formula is C15H24N2O2. The van der Waals surface area contributed by atoms with Gasteiger partial charge < -0.3 is 19.7 Å². The number of nitrogens with zero attached hydrogens (tertiary/aromatic N) is 1. The first kappa shape index (κ1) is 14.2. The Morgan fingerprint density at radius 2 is 2.00 bits per heavy atom. The summed E-state index contributed by atoms with van der Waals surface area (Å²) in [6.07, 6.45) is 2.67. The zero-order valence-corrected chi connectivity index (χ0v) is 11.9. The molecule has 0 spiro atoms. The average Bonchev–Trinajstić information content (AvgIpc) is 2.48. The minimum absolute atomic E-state index is 0.423. The van der Waals surface area contributed by atoms with E-state index in [0.717, 1.165) is 50.5 Å². The van der Waals surface area contributed by atoms with Crippen LogP contribution in [0.15, 0.2) is 24.3 Å². The molecule has 2 rings (SSSR count). The number of ether oxygens (including phenoxy) is 2. The Hall–Kier alpha value is -1.26. The van der Waals surface area contributed by atoms with Crippen LogP contribution in [0.3, 0.4) is 0 Å². The summed E-state index contributed by atoms with van der Waals surface area (Å²) in [4.78, 5) is 2.18. The lowest BCUT2D eigenvalue weighted by Gasteiger charge is -2.26. The predicted octanol–water partition coefficient (Wildman–Crippen LogP) is 1.90. The highest BCUT2D eigenvalue weighted by atomic mass is 16.5. The summed E-state index contributed by atoms with van der Waals surface area (Å²) in [5.41, 5.74) is 1.11. The van der Waals surface area contributed by atoms with Crippen molar-refractivity contribution in [3.8, 4) is 5.75 Å². The number of methoxy groups -OCH3 is 1. The van der Waals surface area contributed by atoms with Crippen molar-refractivity contribution in [3.05, 3.63) is 24.3 Å². The molecule has 0 saturated carbocycles. The monoisotopic (exact) mass is 264 g/mol. The van der Waals surface area contributed by atoms with Crippen molar-refractivity contribution < 1.29 is 9.47 Å². The van der Waals surface area contributed by atoms with E-state index in [9.17, 15) is 0 Å². The molecule has 0 aliphatic carbocycles. The van der Waals surface area contributed by atoms with Gasteiger partial charge in [0.05, 0.1) is 25.5 Å². The molecule has 106 valence electrons. The van der Waals surface area contributed by atoms with Gasteiger partial charge in [-0.05, 0) is 38.1 Å². The summed E-state index contributed by atoms with van der Waals surface area (Å²) < 4.78 is 11.3. The second kappa shape index (κ2) is 7.36. The van der Waals surface area contributed by atoms with Crippen molar-refractivity contribution in [1.82, 2.24) is 5.32 Å². The third kappa shape index (κ3) is 4.11. The van der Waals surface area contributed by atoms with E-state index in [1.807, 2.05) is 18.2 Å². The molecule has 1 aliphatic heterocycles. The molecule has 0 atom stereocenters. The molecule has 1 saturated heterocycles. The quantitative estimate of drug-likeness (QED) is 0.851. The summed E-state index contributed by atoms with van der Waals surface area (Å²) in [6.45, 7) is 3.80. The van der Waals surface area contributed by atoms with Crippen LogP contribution in [0.1, 0.15) is 12.8 Å². The van der Waals surface area contributed by atoms with E-state index in [2.05, 4.69) is 23.3 Å². The molecule has 0 amide bonds. The Bertz CT molecular complexity index is 378. The average molecular weight is 264 g/mol. The van der Waals surface area contributed by atoms with E-state index in [1.165, 1.54) is 0 Å². The van der Waals surface area contributed by atoms with Crippen LogP contribution >= 0.6 is 0 Å². The molecule has 0 unspecified atom stereocenters. The molecule has 1 aromatic rings. The highest BCUT2D eigenvalue weighted by Gasteiger charge is 2.13. The maximum atomic E-state index is 5.93. The van der Waals surface area contributed by atoms with Crippen molar-refractivity contribution in [2.24, 2.45) is 0 Å². The van der Waals surface area contributed by atoms with Crippen LogP contribution in [-0.2, 0) is 4.74 Å². The van der Waals surface area contributed by atoms with Crippen molar-refractivity contribution in [3.63, 3.8) is 0 Å².